The molecule has 0 saturated carbocycles. The molecule has 0 unspecified atom stereocenters. The second-order valence-electron chi connectivity index (χ2n) is 6.54. The average molecular weight is 336 g/mol. The van der Waals surface area contributed by atoms with Gasteiger partial charge in [-0.3, -0.25) is 4.79 Å². The summed E-state index contributed by atoms with van der Waals surface area (Å²) in [7, 11) is 0. The number of hydrogen-bond acceptors (Lipinski definition) is 2. The highest BCUT2D eigenvalue weighted by molar-refractivity contribution is 5.90. The monoisotopic (exact) mass is 336 g/mol. The number of aryl methyl sites for hydroxylation is 1. The van der Waals surface area contributed by atoms with Crippen LogP contribution in [0.5, 0.6) is 5.75 Å². The van der Waals surface area contributed by atoms with Gasteiger partial charge in [0.25, 0.3) is 0 Å². The van der Waals surface area contributed by atoms with E-state index in [1.165, 1.54) is 0 Å². The van der Waals surface area contributed by atoms with Crippen LogP contribution in [0.4, 0.5) is 0 Å². The molecular weight excluding hydrogens is 312 g/mol. The number of nitrogens with one attached hydrogen (secondary N) is 2. The van der Waals surface area contributed by atoms with Crippen LogP contribution in [0.3, 0.4) is 0 Å². The van der Waals surface area contributed by atoms with E-state index in [9.17, 15) is 4.79 Å². The Kier molecular flexibility index (Phi) is 5.08. The van der Waals surface area contributed by atoms with Crippen LogP contribution in [0, 0.1) is 6.92 Å². The van der Waals surface area contributed by atoms with Gasteiger partial charge in [-0.1, -0.05) is 30.3 Å². The van der Waals surface area contributed by atoms with Crippen LogP contribution < -0.4 is 10.1 Å². The van der Waals surface area contributed by atoms with Gasteiger partial charge >= 0.3 is 0 Å². The smallest absolute Gasteiger partial charge is 0.224 e. The molecule has 3 aromatic rings. The fraction of sp³-hybridized carbons (Fsp3) is 0.286. The third-order valence-electron chi connectivity index (χ3n) is 4.15. The maximum atomic E-state index is 12.3. The Morgan fingerprint density at radius 3 is 2.56 bits per heavy atom. The number of aromatic amines is 1. The zero-order chi connectivity index (χ0) is 17.8. The lowest BCUT2D eigenvalue weighted by molar-refractivity contribution is -0.120. The minimum Gasteiger partial charge on any atom is -0.491 e. The Bertz CT molecular complexity index is 863. The molecule has 4 nitrogen and oxygen atoms in total. The van der Waals surface area contributed by atoms with Crippen LogP contribution in [0.15, 0.2) is 48.5 Å². The number of rotatable bonds is 6. The summed E-state index contributed by atoms with van der Waals surface area (Å²) in [6, 6.07) is 15.9. The van der Waals surface area contributed by atoms with Crippen molar-refractivity contribution in [2.24, 2.45) is 0 Å². The SMILES string of the molecule is Cc1[nH]c2ccccc2c1CC(=O)NCc1ccc(OC(C)C)cc1. The number of ether oxygens (including phenoxy) is 1. The fourth-order valence-electron chi connectivity index (χ4n) is 2.94. The van der Waals surface area contributed by atoms with Gasteiger partial charge in [0.15, 0.2) is 0 Å². The standard InChI is InChI=1S/C21H24N2O2/c1-14(2)25-17-10-8-16(9-11-17)13-22-21(24)12-19-15(3)23-20-7-5-4-6-18(19)20/h4-11,14,23H,12-13H2,1-3H3,(H,22,24). The van der Waals surface area contributed by atoms with Gasteiger partial charge in [0.2, 0.25) is 5.91 Å². The number of benzene rings is 2. The highest BCUT2D eigenvalue weighted by Crippen LogP contribution is 2.22. The lowest BCUT2D eigenvalue weighted by Gasteiger charge is -2.10. The molecule has 4 heteroatoms. The molecule has 0 radical (unpaired) electrons. The molecule has 2 N–H and O–H groups in total. The molecule has 1 heterocycles. The summed E-state index contributed by atoms with van der Waals surface area (Å²) in [5.74, 6) is 0.870. The zero-order valence-corrected chi connectivity index (χ0v) is 14.9. The van der Waals surface area contributed by atoms with E-state index in [0.29, 0.717) is 13.0 Å². The first kappa shape index (κ1) is 17.1. The van der Waals surface area contributed by atoms with E-state index in [4.69, 9.17) is 4.74 Å². The Hall–Kier alpha value is -2.75. The van der Waals surface area contributed by atoms with Crippen LogP contribution in [0.2, 0.25) is 0 Å². The lowest BCUT2D eigenvalue weighted by Crippen LogP contribution is -2.24. The maximum absolute atomic E-state index is 12.3. The van der Waals surface area contributed by atoms with Crippen LogP contribution in [0.25, 0.3) is 10.9 Å². The topological polar surface area (TPSA) is 54.1 Å². The lowest BCUT2D eigenvalue weighted by atomic mass is 10.1. The van der Waals surface area contributed by atoms with Gasteiger partial charge in [-0.15, -0.1) is 0 Å². The molecule has 0 bridgehead atoms. The Morgan fingerprint density at radius 2 is 1.84 bits per heavy atom. The van der Waals surface area contributed by atoms with E-state index in [2.05, 4.69) is 16.4 Å². The second kappa shape index (κ2) is 7.43. The first-order valence-electron chi connectivity index (χ1n) is 8.61. The molecule has 1 aromatic heterocycles. The number of para-hydroxylation sites is 1. The average Bonchev–Trinajstić information content (AvgIpc) is 2.89. The fourth-order valence-corrected chi connectivity index (χ4v) is 2.94. The van der Waals surface area contributed by atoms with Crippen molar-refractivity contribution >= 4 is 16.8 Å². The second-order valence-corrected chi connectivity index (χ2v) is 6.54. The van der Waals surface area contributed by atoms with E-state index in [0.717, 1.165) is 33.5 Å². The maximum Gasteiger partial charge on any atom is 0.224 e. The van der Waals surface area contributed by atoms with Crippen molar-refractivity contribution in [2.75, 3.05) is 0 Å². The molecule has 130 valence electrons. The third kappa shape index (κ3) is 4.21. The summed E-state index contributed by atoms with van der Waals surface area (Å²) < 4.78 is 5.63. The minimum absolute atomic E-state index is 0.0235. The van der Waals surface area contributed by atoms with Crippen LogP contribution in [-0.4, -0.2) is 17.0 Å². The molecule has 0 aliphatic heterocycles. The van der Waals surface area contributed by atoms with E-state index >= 15 is 0 Å². The summed E-state index contributed by atoms with van der Waals surface area (Å²) in [5, 5.41) is 4.11. The van der Waals surface area contributed by atoms with E-state index in [-0.39, 0.29) is 12.0 Å². The normalized spacial score (nSPS) is 11.0. The molecule has 2 aromatic carbocycles. The molecule has 0 saturated heterocycles. The quantitative estimate of drug-likeness (QED) is 0.711. The molecule has 0 fully saturated rings. The van der Waals surface area contributed by atoms with Crippen LogP contribution >= 0.6 is 0 Å². The number of carbonyl (C=O) groups is 1. The van der Waals surface area contributed by atoms with Gasteiger partial charge in [-0.25, -0.2) is 0 Å². The van der Waals surface area contributed by atoms with Crippen LogP contribution in [-0.2, 0) is 17.8 Å². The number of aromatic nitrogens is 1. The van der Waals surface area contributed by atoms with E-state index in [1.807, 2.05) is 63.2 Å². The third-order valence-corrected chi connectivity index (χ3v) is 4.15. The van der Waals surface area contributed by atoms with Gasteiger partial charge in [0.05, 0.1) is 12.5 Å². The van der Waals surface area contributed by atoms with Crippen LogP contribution in [0.1, 0.15) is 30.7 Å². The summed E-state index contributed by atoms with van der Waals surface area (Å²) >= 11 is 0. The van der Waals surface area contributed by atoms with E-state index in [1.54, 1.807) is 0 Å². The molecule has 0 atom stereocenters. The zero-order valence-electron chi connectivity index (χ0n) is 14.9. The van der Waals surface area contributed by atoms with Crippen molar-refractivity contribution in [2.45, 2.75) is 39.8 Å². The van der Waals surface area contributed by atoms with Gasteiger partial charge < -0.3 is 15.0 Å². The van der Waals surface area contributed by atoms with E-state index < -0.39 is 0 Å². The largest absolute Gasteiger partial charge is 0.491 e. The summed E-state index contributed by atoms with van der Waals surface area (Å²) in [6.45, 7) is 6.53. The number of fused-ring (bicyclic) bond motifs is 1. The molecule has 0 aliphatic carbocycles. The number of amides is 1. The van der Waals surface area contributed by atoms with Crippen molar-refractivity contribution in [3.8, 4) is 5.75 Å². The predicted octanol–water partition coefficient (Wildman–Crippen LogP) is 4.12. The minimum atomic E-state index is 0.0235. The van der Waals surface area contributed by atoms with Crippen molar-refractivity contribution in [1.29, 1.82) is 0 Å². The van der Waals surface area contributed by atoms with Crippen molar-refractivity contribution in [1.82, 2.24) is 10.3 Å². The Labute approximate surface area is 148 Å². The van der Waals surface area contributed by atoms with Crippen molar-refractivity contribution < 1.29 is 9.53 Å². The molecule has 25 heavy (non-hydrogen) atoms. The summed E-state index contributed by atoms with van der Waals surface area (Å²) in [6.07, 6.45) is 0.537. The first-order chi connectivity index (χ1) is 12.0. The highest BCUT2D eigenvalue weighted by atomic mass is 16.5. The van der Waals surface area contributed by atoms with Gasteiger partial charge in [0, 0.05) is 23.1 Å². The number of hydrogen-bond donors (Lipinski definition) is 2. The highest BCUT2D eigenvalue weighted by Gasteiger charge is 2.12. The Morgan fingerprint density at radius 1 is 1.12 bits per heavy atom. The van der Waals surface area contributed by atoms with Gasteiger partial charge in [-0.2, -0.15) is 0 Å². The Balaban J connectivity index is 1.60. The van der Waals surface area contributed by atoms with Crippen molar-refractivity contribution in [3.63, 3.8) is 0 Å². The molecule has 3 rings (SSSR count). The molecular formula is C21H24N2O2. The summed E-state index contributed by atoms with van der Waals surface area (Å²) in [4.78, 5) is 15.7. The molecule has 0 aliphatic rings. The van der Waals surface area contributed by atoms with Gasteiger partial charge in [0.1, 0.15) is 5.75 Å². The van der Waals surface area contributed by atoms with Gasteiger partial charge in [-0.05, 0) is 50.1 Å². The molecule has 1 amide bonds. The molecule has 0 spiro atoms. The summed E-state index contributed by atoms with van der Waals surface area (Å²) in [5.41, 5.74) is 4.24. The number of carbonyl (C=O) groups excluding carboxylic acids is 1. The van der Waals surface area contributed by atoms with Crippen molar-refractivity contribution in [3.05, 3.63) is 65.4 Å². The first-order valence-corrected chi connectivity index (χ1v) is 8.61. The number of H-pyrrole nitrogens is 1. The predicted molar refractivity (Wildman–Crippen MR) is 101 cm³/mol.